The number of thiocarbonyl (C=S) groups is 1. The van der Waals surface area contributed by atoms with Gasteiger partial charge in [-0.2, -0.15) is 0 Å². The van der Waals surface area contributed by atoms with E-state index in [4.69, 9.17) is 18.0 Å². The molecule has 2 rings (SSSR count). The predicted octanol–water partition coefficient (Wildman–Crippen LogP) is 3.13. The summed E-state index contributed by atoms with van der Waals surface area (Å²) in [7, 11) is 0. The van der Waals surface area contributed by atoms with Crippen LogP contribution in [0.4, 0.5) is 5.82 Å². The molecular weight excluding hydrogens is 268 g/mol. The van der Waals surface area contributed by atoms with Crippen LogP contribution in [0, 0.1) is 11.3 Å². The normalized spacial score (nSPS) is 17.4. The van der Waals surface area contributed by atoms with Crippen LogP contribution in [0.15, 0.2) is 12.4 Å². The van der Waals surface area contributed by atoms with Gasteiger partial charge in [-0.3, -0.25) is 0 Å². The summed E-state index contributed by atoms with van der Waals surface area (Å²) in [5, 5.41) is 3.44. The van der Waals surface area contributed by atoms with Crippen LogP contribution in [0.5, 0.6) is 0 Å². The Morgan fingerprint density at radius 3 is 2.55 bits per heavy atom. The molecule has 0 aliphatic heterocycles. The summed E-state index contributed by atoms with van der Waals surface area (Å²) in [5.41, 5.74) is 6.52. The molecule has 1 aromatic rings. The Morgan fingerprint density at radius 2 is 2.05 bits per heavy atom. The first kappa shape index (κ1) is 15.2. The summed E-state index contributed by atoms with van der Waals surface area (Å²) in [6.45, 7) is 5.58. The topological polar surface area (TPSA) is 63.8 Å². The number of nitrogens with two attached hydrogens (primary N) is 1. The highest BCUT2D eigenvalue weighted by atomic mass is 32.1. The van der Waals surface area contributed by atoms with Crippen molar-refractivity contribution in [2.45, 2.75) is 46.0 Å². The fraction of sp³-hybridized carbons (Fsp3) is 0.667. The van der Waals surface area contributed by atoms with Crippen molar-refractivity contribution in [3.63, 3.8) is 0 Å². The van der Waals surface area contributed by atoms with Crippen LogP contribution < -0.4 is 11.1 Å². The quantitative estimate of drug-likeness (QED) is 0.789. The fourth-order valence-corrected chi connectivity index (χ4v) is 3.37. The molecule has 1 saturated carbocycles. The molecule has 0 bridgehead atoms. The van der Waals surface area contributed by atoms with Gasteiger partial charge in [0, 0.05) is 6.54 Å². The Hall–Kier alpha value is -1.23. The fourth-order valence-electron chi connectivity index (χ4n) is 3.27. The van der Waals surface area contributed by atoms with Crippen molar-refractivity contribution in [2.24, 2.45) is 17.1 Å². The number of rotatable bonds is 6. The minimum Gasteiger partial charge on any atom is -0.388 e. The summed E-state index contributed by atoms with van der Waals surface area (Å²) in [6.07, 6.45) is 9.95. The van der Waals surface area contributed by atoms with Crippen LogP contribution in [0.3, 0.4) is 0 Å². The van der Waals surface area contributed by atoms with Crippen molar-refractivity contribution < 1.29 is 0 Å². The predicted molar refractivity (Wildman–Crippen MR) is 86.8 cm³/mol. The van der Waals surface area contributed by atoms with Gasteiger partial charge in [-0.05, 0) is 30.6 Å². The van der Waals surface area contributed by atoms with Gasteiger partial charge in [-0.25, -0.2) is 9.97 Å². The number of hydrogen-bond donors (Lipinski definition) is 2. The molecule has 0 radical (unpaired) electrons. The molecule has 1 aliphatic rings. The monoisotopic (exact) mass is 292 g/mol. The van der Waals surface area contributed by atoms with E-state index < -0.39 is 0 Å². The van der Waals surface area contributed by atoms with Crippen molar-refractivity contribution in [1.82, 2.24) is 9.97 Å². The molecule has 1 aliphatic carbocycles. The SMILES string of the molecule is CC(C)CC1(CNc2cnc(C(N)=S)cn2)CCCC1. The molecular formula is C15H24N4S. The second-order valence-electron chi connectivity index (χ2n) is 6.31. The van der Waals surface area contributed by atoms with Gasteiger partial charge in [0.1, 0.15) is 16.5 Å². The van der Waals surface area contributed by atoms with Crippen LogP contribution in [0.1, 0.15) is 51.6 Å². The average Bonchev–Trinajstić information content (AvgIpc) is 2.85. The van der Waals surface area contributed by atoms with E-state index in [1.54, 1.807) is 12.4 Å². The first-order valence-electron chi connectivity index (χ1n) is 7.36. The number of nitrogens with one attached hydrogen (secondary N) is 1. The third-order valence-electron chi connectivity index (χ3n) is 4.05. The standard InChI is InChI=1S/C15H24N4S/c1-11(2)7-15(5-3-4-6-15)10-19-13-9-17-12(8-18-13)14(16)20/h8-9,11H,3-7,10H2,1-2H3,(H2,16,20)(H,18,19). The smallest absolute Gasteiger partial charge is 0.144 e. The highest BCUT2D eigenvalue weighted by Crippen LogP contribution is 2.43. The molecule has 1 heterocycles. The van der Waals surface area contributed by atoms with E-state index in [0.29, 0.717) is 11.1 Å². The van der Waals surface area contributed by atoms with Crippen molar-refractivity contribution in [1.29, 1.82) is 0 Å². The van der Waals surface area contributed by atoms with Crippen LogP contribution >= 0.6 is 12.2 Å². The minimum atomic E-state index is 0.288. The first-order chi connectivity index (χ1) is 9.51. The molecule has 3 N–H and O–H groups in total. The van der Waals surface area contributed by atoms with Gasteiger partial charge in [-0.15, -0.1) is 0 Å². The molecule has 1 fully saturated rings. The molecule has 0 spiro atoms. The molecule has 0 unspecified atom stereocenters. The molecule has 0 amide bonds. The number of hydrogen-bond acceptors (Lipinski definition) is 4. The van der Waals surface area contributed by atoms with Gasteiger partial charge in [0.05, 0.1) is 12.4 Å². The van der Waals surface area contributed by atoms with E-state index in [-0.39, 0.29) is 4.99 Å². The van der Waals surface area contributed by atoms with Crippen molar-refractivity contribution in [3.05, 3.63) is 18.1 Å². The zero-order valence-corrected chi connectivity index (χ0v) is 13.2. The van der Waals surface area contributed by atoms with Gasteiger partial charge in [-0.1, -0.05) is 38.9 Å². The lowest BCUT2D eigenvalue weighted by Crippen LogP contribution is -2.28. The number of aromatic nitrogens is 2. The van der Waals surface area contributed by atoms with Crippen molar-refractivity contribution in [2.75, 3.05) is 11.9 Å². The lowest BCUT2D eigenvalue weighted by atomic mass is 9.78. The van der Waals surface area contributed by atoms with Crippen LogP contribution in [0.2, 0.25) is 0 Å². The van der Waals surface area contributed by atoms with E-state index in [9.17, 15) is 0 Å². The first-order valence-corrected chi connectivity index (χ1v) is 7.77. The largest absolute Gasteiger partial charge is 0.388 e. The van der Waals surface area contributed by atoms with Crippen LogP contribution in [-0.2, 0) is 0 Å². The van der Waals surface area contributed by atoms with Crippen molar-refractivity contribution >= 4 is 23.0 Å². The molecule has 0 aromatic carbocycles. The molecule has 1 aromatic heterocycles. The lowest BCUT2D eigenvalue weighted by molar-refractivity contribution is 0.252. The second-order valence-corrected chi connectivity index (χ2v) is 6.75. The Bertz CT molecular complexity index is 449. The van der Waals surface area contributed by atoms with Gasteiger partial charge in [0.25, 0.3) is 0 Å². The van der Waals surface area contributed by atoms with E-state index >= 15 is 0 Å². The maximum absolute atomic E-state index is 5.52. The van der Waals surface area contributed by atoms with Gasteiger partial charge >= 0.3 is 0 Å². The molecule has 5 heteroatoms. The molecule has 4 nitrogen and oxygen atoms in total. The van der Waals surface area contributed by atoms with E-state index in [1.165, 1.54) is 32.1 Å². The molecule has 0 atom stereocenters. The Balaban J connectivity index is 1.97. The summed E-state index contributed by atoms with van der Waals surface area (Å²) >= 11 is 4.88. The summed E-state index contributed by atoms with van der Waals surface area (Å²) < 4.78 is 0. The zero-order chi connectivity index (χ0) is 14.6. The lowest BCUT2D eigenvalue weighted by Gasteiger charge is -2.31. The Labute approximate surface area is 126 Å². The maximum atomic E-state index is 5.52. The van der Waals surface area contributed by atoms with E-state index in [0.717, 1.165) is 18.3 Å². The maximum Gasteiger partial charge on any atom is 0.144 e. The van der Waals surface area contributed by atoms with Gasteiger partial charge < -0.3 is 11.1 Å². The minimum absolute atomic E-state index is 0.288. The highest BCUT2D eigenvalue weighted by molar-refractivity contribution is 7.80. The molecule has 0 saturated heterocycles. The highest BCUT2D eigenvalue weighted by Gasteiger charge is 2.34. The average molecular weight is 292 g/mol. The number of nitrogens with zero attached hydrogens (tertiary/aromatic N) is 2. The van der Waals surface area contributed by atoms with Crippen molar-refractivity contribution in [3.8, 4) is 0 Å². The van der Waals surface area contributed by atoms with E-state index in [1.807, 2.05) is 0 Å². The Morgan fingerprint density at radius 1 is 1.35 bits per heavy atom. The Kier molecular flexibility index (Phi) is 4.91. The molecule has 20 heavy (non-hydrogen) atoms. The number of anilines is 1. The zero-order valence-electron chi connectivity index (χ0n) is 12.4. The van der Waals surface area contributed by atoms with Crippen LogP contribution in [-0.4, -0.2) is 21.5 Å². The van der Waals surface area contributed by atoms with Crippen LogP contribution in [0.25, 0.3) is 0 Å². The van der Waals surface area contributed by atoms with Gasteiger partial charge in [0.15, 0.2) is 0 Å². The van der Waals surface area contributed by atoms with E-state index in [2.05, 4.69) is 29.1 Å². The second kappa shape index (κ2) is 6.48. The third kappa shape index (κ3) is 3.88. The van der Waals surface area contributed by atoms with Gasteiger partial charge in [0.2, 0.25) is 0 Å². The summed E-state index contributed by atoms with van der Waals surface area (Å²) in [5.74, 6) is 1.54. The molecule has 110 valence electrons. The summed E-state index contributed by atoms with van der Waals surface area (Å²) in [4.78, 5) is 8.83. The third-order valence-corrected chi connectivity index (χ3v) is 4.26. The summed E-state index contributed by atoms with van der Waals surface area (Å²) in [6, 6.07) is 0.